The number of aliphatic hydroxyl groups excluding tert-OH is 1. The van der Waals surface area contributed by atoms with E-state index >= 15 is 0 Å². The van der Waals surface area contributed by atoms with Crippen molar-refractivity contribution in [1.29, 1.82) is 0 Å². The Morgan fingerprint density at radius 1 is 1.27 bits per heavy atom. The van der Waals surface area contributed by atoms with Crippen LogP contribution in [0.25, 0.3) is 0 Å². The van der Waals surface area contributed by atoms with Crippen LogP contribution in [0.1, 0.15) is 17.5 Å². The van der Waals surface area contributed by atoms with Crippen molar-refractivity contribution in [3.05, 3.63) is 59.2 Å². The van der Waals surface area contributed by atoms with Crippen molar-refractivity contribution >= 4 is 17.6 Å². The largest absolute Gasteiger partial charge is 0.369 e. The summed E-state index contributed by atoms with van der Waals surface area (Å²) < 4.78 is 39.6. The molecule has 0 bridgehead atoms. The third-order valence-corrected chi connectivity index (χ3v) is 3.74. The molecule has 3 rings (SSSR count). The highest BCUT2D eigenvalue weighted by Gasteiger charge is 2.32. The molecule has 3 amide bonds. The third kappa shape index (κ3) is 3.59. The van der Waals surface area contributed by atoms with Gasteiger partial charge in [-0.15, -0.1) is 0 Å². The second-order valence-electron chi connectivity index (χ2n) is 5.52. The van der Waals surface area contributed by atoms with Gasteiger partial charge in [0.15, 0.2) is 6.23 Å². The number of amides is 3. The average Bonchev–Trinajstić information content (AvgIpc) is 2.58. The number of anilines is 1. The van der Waals surface area contributed by atoms with Gasteiger partial charge in [0.1, 0.15) is 24.0 Å². The molecule has 0 saturated carbocycles. The summed E-state index contributed by atoms with van der Waals surface area (Å²) in [6.45, 7) is -0.895. The van der Waals surface area contributed by atoms with Crippen LogP contribution < -0.4 is 10.6 Å². The molecule has 0 spiro atoms. The van der Waals surface area contributed by atoms with Gasteiger partial charge in [0.25, 0.3) is 0 Å². The van der Waals surface area contributed by atoms with Crippen LogP contribution in [0, 0.1) is 17.5 Å². The van der Waals surface area contributed by atoms with Crippen LogP contribution in [0.2, 0.25) is 0 Å². The fourth-order valence-electron chi connectivity index (χ4n) is 2.45. The molecule has 0 fully saturated rings. The predicted molar refractivity (Wildman–Crippen MR) is 83.1 cm³/mol. The van der Waals surface area contributed by atoms with Crippen LogP contribution >= 0.6 is 0 Å². The summed E-state index contributed by atoms with van der Waals surface area (Å²) in [5, 5.41) is 15.0. The lowest BCUT2D eigenvalue weighted by atomic mass is 10.1. The molecule has 0 saturated heterocycles. The van der Waals surface area contributed by atoms with Crippen LogP contribution in [0.15, 0.2) is 30.5 Å². The number of nitrogens with one attached hydrogen (secondary N) is 2. The van der Waals surface area contributed by atoms with Crippen LogP contribution in [-0.2, 0) is 11.3 Å². The molecule has 0 aliphatic carbocycles. The number of rotatable bonds is 4. The van der Waals surface area contributed by atoms with E-state index in [1.165, 1.54) is 6.07 Å². The Labute approximate surface area is 145 Å². The van der Waals surface area contributed by atoms with Crippen molar-refractivity contribution in [3.8, 4) is 0 Å². The topological polar surface area (TPSA) is 94.6 Å². The summed E-state index contributed by atoms with van der Waals surface area (Å²) in [4.78, 5) is 28.3. The molecule has 1 atom stereocenters. The lowest BCUT2D eigenvalue weighted by molar-refractivity contribution is -0.124. The van der Waals surface area contributed by atoms with Crippen molar-refractivity contribution in [3.63, 3.8) is 0 Å². The molecule has 0 radical (unpaired) electrons. The average molecular weight is 366 g/mol. The van der Waals surface area contributed by atoms with E-state index in [4.69, 9.17) is 0 Å². The fourth-order valence-corrected chi connectivity index (χ4v) is 2.45. The first kappa shape index (κ1) is 17.7. The van der Waals surface area contributed by atoms with Crippen molar-refractivity contribution in [2.75, 3.05) is 11.9 Å². The number of hydrogen-bond donors (Lipinski definition) is 3. The van der Waals surface area contributed by atoms with E-state index in [1.54, 1.807) is 0 Å². The van der Waals surface area contributed by atoms with Gasteiger partial charge in [0, 0.05) is 11.6 Å². The van der Waals surface area contributed by atoms with Crippen molar-refractivity contribution in [2.24, 2.45) is 0 Å². The van der Waals surface area contributed by atoms with Crippen molar-refractivity contribution < 1.29 is 27.9 Å². The molecule has 1 unspecified atom stereocenters. The molecule has 1 aromatic heterocycles. The molecule has 3 N–H and O–H groups in total. The molecule has 2 aromatic rings. The summed E-state index contributed by atoms with van der Waals surface area (Å²) in [6, 6.07) is 3.34. The van der Waals surface area contributed by atoms with Crippen LogP contribution in [0.4, 0.5) is 23.7 Å². The number of nitrogens with zero attached hydrogens (tertiary/aromatic N) is 2. The maximum atomic E-state index is 13.5. The van der Waals surface area contributed by atoms with Crippen LogP contribution in [0.5, 0.6) is 0 Å². The SMILES string of the molecule is O=C(CN1C(=O)Nc2ccc(F)cc2C1O)NCc1ncc(F)cc1F. The molecule has 1 aliphatic rings. The van der Waals surface area contributed by atoms with Gasteiger partial charge in [0.05, 0.1) is 24.1 Å². The van der Waals surface area contributed by atoms with E-state index in [-0.39, 0.29) is 23.5 Å². The summed E-state index contributed by atoms with van der Waals surface area (Å²) >= 11 is 0. The number of carbonyl (C=O) groups is 2. The Morgan fingerprint density at radius 3 is 2.77 bits per heavy atom. The van der Waals surface area contributed by atoms with E-state index < -0.39 is 42.2 Å². The minimum absolute atomic E-state index is 0.101. The lowest BCUT2D eigenvalue weighted by Crippen LogP contribution is -2.47. The van der Waals surface area contributed by atoms with Gasteiger partial charge in [-0.3, -0.25) is 14.7 Å². The fraction of sp³-hybridized carbons (Fsp3) is 0.188. The number of hydrogen-bond acceptors (Lipinski definition) is 4. The van der Waals surface area contributed by atoms with Gasteiger partial charge >= 0.3 is 6.03 Å². The Hall–Kier alpha value is -3.14. The first-order chi connectivity index (χ1) is 12.3. The normalized spacial score (nSPS) is 16.1. The van der Waals surface area contributed by atoms with Gasteiger partial charge in [-0.2, -0.15) is 0 Å². The number of aromatic nitrogens is 1. The number of halogens is 3. The quantitative estimate of drug-likeness (QED) is 0.767. The molecule has 136 valence electrons. The summed E-state index contributed by atoms with van der Waals surface area (Å²) in [5.74, 6) is -3.10. The maximum absolute atomic E-state index is 13.5. The summed E-state index contributed by atoms with van der Waals surface area (Å²) in [5.41, 5.74) is 0.151. The minimum Gasteiger partial charge on any atom is -0.369 e. The number of aliphatic hydroxyl groups is 1. The Bertz CT molecular complexity index is 878. The minimum atomic E-state index is -1.53. The molecular weight excluding hydrogens is 353 g/mol. The summed E-state index contributed by atoms with van der Waals surface area (Å²) in [6.07, 6.45) is -0.724. The zero-order valence-electron chi connectivity index (χ0n) is 13.2. The Balaban J connectivity index is 1.66. The van der Waals surface area contributed by atoms with Crippen LogP contribution in [-0.4, -0.2) is 33.5 Å². The van der Waals surface area contributed by atoms with E-state index in [2.05, 4.69) is 15.6 Å². The van der Waals surface area contributed by atoms with E-state index in [1.807, 2.05) is 0 Å². The van der Waals surface area contributed by atoms with Gasteiger partial charge in [-0.1, -0.05) is 0 Å². The van der Waals surface area contributed by atoms with E-state index in [0.717, 1.165) is 23.2 Å². The maximum Gasteiger partial charge on any atom is 0.324 e. The first-order valence-electron chi connectivity index (χ1n) is 7.47. The second-order valence-corrected chi connectivity index (χ2v) is 5.52. The second kappa shape index (κ2) is 7.00. The van der Waals surface area contributed by atoms with Crippen molar-refractivity contribution in [1.82, 2.24) is 15.2 Å². The van der Waals surface area contributed by atoms with E-state index in [9.17, 15) is 27.9 Å². The third-order valence-electron chi connectivity index (χ3n) is 3.74. The molecule has 26 heavy (non-hydrogen) atoms. The highest BCUT2D eigenvalue weighted by Crippen LogP contribution is 2.31. The van der Waals surface area contributed by atoms with Gasteiger partial charge in [-0.05, 0) is 18.2 Å². The van der Waals surface area contributed by atoms with Gasteiger partial charge in [0.2, 0.25) is 5.91 Å². The molecule has 10 heteroatoms. The number of urea groups is 1. The highest BCUT2D eigenvalue weighted by molar-refractivity contribution is 5.95. The number of benzene rings is 1. The van der Waals surface area contributed by atoms with Crippen molar-refractivity contribution in [2.45, 2.75) is 12.8 Å². The van der Waals surface area contributed by atoms with Gasteiger partial charge in [-0.25, -0.2) is 18.0 Å². The molecular formula is C16H13F3N4O3. The first-order valence-corrected chi connectivity index (χ1v) is 7.47. The zero-order valence-corrected chi connectivity index (χ0v) is 13.2. The molecule has 2 heterocycles. The highest BCUT2D eigenvalue weighted by atomic mass is 19.1. The van der Waals surface area contributed by atoms with Crippen LogP contribution in [0.3, 0.4) is 0 Å². The van der Waals surface area contributed by atoms with Gasteiger partial charge < -0.3 is 15.7 Å². The standard InChI is InChI=1S/C16H13F3N4O3/c17-8-1-2-12-10(3-8)15(25)23(16(26)22-12)7-14(24)21-6-13-11(19)4-9(18)5-20-13/h1-5,15,25H,6-7H2,(H,21,24)(H,22,26). The zero-order chi connectivity index (χ0) is 18.8. The monoisotopic (exact) mass is 366 g/mol. The lowest BCUT2D eigenvalue weighted by Gasteiger charge is -2.33. The Kier molecular flexibility index (Phi) is 4.76. The number of pyridine rings is 1. The molecule has 1 aliphatic heterocycles. The molecule has 1 aromatic carbocycles. The summed E-state index contributed by atoms with van der Waals surface area (Å²) in [7, 11) is 0. The smallest absolute Gasteiger partial charge is 0.324 e. The number of carbonyl (C=O) groups excluding carboxylic acids is 2. The predicted octanol–water partition coefficient (Wildman–Crippen LogP) is 1.65. The number of fused-ring (bicyclic) bond motifs is 1. The van der Waals surface area contributed by atoms with E-state index in [0.29, 0.717) is 6.07 Å². The Morgan fingerprint density at radius 2 is 2.04 bits per heavy atom. The molecule has 7 nitrogen and oxygen atoms in total.